The SMILES string of the molecule is COc1cc(C(=O)COC(=O)COc2ccc(N(C)S(=O)(=O)c3ccc(F)cc3)cc2)cc(OC)c1OC. The van der Waals surface area contributed by atoms with Gasteiger partial charge < -0.3 is 23.7 Å². The highest BCUT2D eigenvalue weighted by Crippen LogP contribution is 2.38. The van der Waals surface area contributed by atoms with Crippen LogP contribution in [0, 0.1) is 5.82 Å². The second kappa shape index (κ2) is 12.3. The maximum absolute atomic E-state index is 13.1. The summed E-state index contributed by atoms with van der Waals surface area (Å²) in [4.78, 5) is 24.6. The molecule has 3 aromatic rings. The number of sulfonamides is 1. The number of halogens is 1. The van der Waals surface area contributed by atoms with Crippen molar-refractivity contribution in [1.82, 2.24) is 0 Å². The number of esters is 1. The van der Waals surface area contributed by atoms with Gasteiger partial charge in [0.15, 0.2) is 24.7 Å². The molecule has 0 aliphatic carbocycles. The number of nitrogens with zero attached hydrogens (tertiary/aromatic N) is 1. The zero-order valence-corrected chi connectivity index (χ0v) is 21.9. The summed E-state index contributed by atoms with van der Waals surface area (Å²) in [5.41, 5.74) is 0.517. The summed E-state index contributed by atoms with van der Waals surface area (Å²) in [5, 5.41) is 0. The minimum absolute atomic E-state index is 0.0643. The molecule has 0 saturated carbocycles. The molecule has 0 heterocycles. The Balaban J connectivity index is 1.55. The number of benzene rings is 3. The van der Waals surface area contributed by atoms with Gasteiger partial charge in [-0.2, -0.15) is 0 Å². The minimum atomic E-state index is -3.90. The van der Waals surface area contributed by atoms with Crippen LogP contribution in [0.3, 0.4) is 0 Å². The Labute approximate surface area is 219 Å². The lowest BCUT2D eigenvalue weighted by Gasteiger charge is -2.19. The summed E-state index contributed by atoms with van der Waals surface area (Å²) in [7, 11) is 1.72. The fraction of sp³-hybridized carbons (Fsp3) is 0.231. The highest BCUT2D eigenvalue weighted by molar-refractivity contribution is 7.92. The first-order valence-corrected chi connectivity index (χ1v) is 12.5. The van der Waals surface area contributed by atoms with E-state index in [0.29, 0.717) is 11.4 Å². The van der Waals surface area contributed by atoms with Crippen molar-refractivity contribution in [3.63, 3.8) is 0 Å². The van der Waals surface area contributed by atoms with Crippen LogP contribution in [-0.4, -0.2) is 61.8 Å². The number of ether oxygens (including phenoxy) is 5. The van der Waals surface area contributed by atoms with Gasteiger partial charge in [0.05, 0.1) is 31.9 Å². The number of rotatable bonds is 12. The Morgan fingerprint density at radius 2 is 1.42 bits per heavy atom. The van der Waals surface area contributed by atoms with Crippen LogP contribution < -0.4 is 23.3 Å². The maximum atomic E-state index is 13.1. The fourth-order valence-corrected chi connectivity index (χ4v) is 4.51. The molecule has 0 aromatic heterocycles. The number of ketones is 1. The average molecular weight is 548 g/mol. The van der Waals surface area contributed by atoms with E-state index in [1.165, 1.54) is 76.9 Å². The molecule has 0 bridgehead atoms. The van der Waals surface area contributed by atoms with Gasteiger partial charge in [-0.05, 0) is 60.7 Å². The molecule has 0 N–H and O–H groups in total. The molecule has 0 aliphatic rings. The Morgan fingerprint density at radius 1 is 0.842 bits per heavy atom. The molecule has 12 heteroatoms. The fourth-order valence-electron chi connectivity index (χ4n) is 3.31. The summed E-state index contributed by atoms with van der Waals surface area (Å²) >= 11 is 0. The molecule has 0 radical (unpaired) electrons. The van der Waals surface area contributed by atoms with Crippen LogP contribution in [0.2, 0.25) is 0 Å². The van der Waals surface area contributed by atoms with E-state index < -0.39 is 40.8 Å². The highest BCUT2D eigenvalue weighted by Gasteiger charge is 2.22. The molecule has 0 unspecified atom stereocenters. The Kier molecular flexibility index (Phi) is 9.13. The molecule has 0 amide bonds. The van der Waals surface area contributed by atoms with Gasteiger partial charge in [-0.1, -0.05) is 0 Å². The van der Waals surface area contributed by atoms with E-state index in [0.717, 1.165) is 16.4 Å². The Bertz CT molecular complexity index is 1370. The predicted molar refractivity (Wildman–Crippen MR) is 135 cm³/mol. The van der Waals surface area contributed by atoms with Gasteiger partial charge in [0.1, 0.15) is 11.6 Å². The van der Waals surface area contributed by atoms with Crippen LogP contribution in [-0.2, 0) is 19.6 Å². The maximum Gasteiger partial charge on any atom is 0.344 e. The number of carbonyl (C=O) groups excluding carboxylic acids is 2. The van der Waals surface area contributed by atoms with E-state index in [2.05, 4.69) is 0 Å². The largest absolute Gasteiger partial charge is 0.493 e. The van der Waals surface area contributed by atoms with Gasteiger partial charge in [-0.3, -0.25) is 9.10 Å². The van der Waals surface area contributed by atoms with Crippen LogP contribution in [0.1, 0.15) is 10.4 Å². The van der Waals surface area contributed by atoms with E-state index in [4.69, 9.17) is 23.7 Å². The molecule has 3 rings (SSSR count). The zero-order chi connectivity index (χ0) is 27.9. The Morgan fingerprint density at radius 3 is 1.95 bits per heavy atom. The number of hydrogen-bond acceptors (Lipinski definition) is 9. The number of carbonyl (C=O) groups is 2. The third kappa shape index (κ3) is 6.51. The van der Waals surface area contributed by atoms with E-state index >= 15 is 0 Å². The molecule has 0 aliphatic heterocycles. The third-order valence-corrected chi connectivity index (χ3v) is 7.18. The van der Waals surface area contributed by atoms with Gasteiger partial charge in [0.2, 0.25) is 11.5 Å². The topological polar surface area (TPSA) is 118 Å². The number of hydrogen-bond donors (Lipinski definition) is 0. The molecule has 0 spiro atoms. The lowest BCUT2D eigenvalue weighted by atomic mass is 10.1. The predicted octanol–water partition coefficient (Wildman–Crippen LogP) is 3.48. The molecule has 202 valence electrons. The van der Waals surface area contributed by atoms with E-state index in [9.17, 15) is 22.4 Å². The standard InChI is InChI=1S/C26H26FNO9S/c1-28(38(31,32)21-11-5-18(27)6-12-21)19-7-9-20(10-8-19)36-16-25(30)37-15-22(29)17-13-23(33-2)26(35-4)24(14-17)34-3/h5-14H,15-16H2,1-4H3. The van der Waals surface area contributed by atoms with Crippen LogP contribution in [0.5, 0.6) is 23.0 Å². The summed E-state index contributed by atoms with van der Waals surface area (Å²) in [6.45, 7) is -1.02. The van der Waals surface area contributed by atoms with E-state index in [-0.39, 0.29) is 27.7 Å². The van der Waals surface area contributed by atoms with Crippen LogP contribution >= 0.6 is 0 Å². The van der Waals surface area contributed by atoms with Crippen LogP contribution in [0.15, 0.2) is 65.6 Å². The van der Waals surface area contributed by atoms with Crippen molar-refractivity contribution < 1.29 is 46.1 Å². The minimum Gasteiger partial charge on any atom is -0.493 e. The van der Waals surface area contributed by atoms with Crippen molar-refractivity contribution in [3.8, 4) is 23.0 Å². The molecule has 10 nitrogen and oxygen atoms in total. The first-order chi connectivity index (χ1) is 18.1. The quantitative estimate of drug-likeness (QED) is 0.248. The van der Waals surface area contributed by atoms with Crippen molar-refractivity contribution in [3.05, 3.63) is 72.0 Å². The molecule has 0 fully saturated rings. The number of methoxy groups -OCH3 is 3. The zero-order valence-electron chi connectivity index (χ0n) is 21.1. The number of Topliss-reactive ketones (excluding diaryl/α,β-unsaturated/α-hetero) is 1. The molecular weight excluding hydrogens is 521 g/mol. The molecule has 3 aromatic carbocycles. The second-order valence-electron chi connectivity index (χ2n) is 7.71. The van der Waals surface area contributed by atoms with Crippen molar-refractivity contribution in [1.29, 1.82) is 0 Å². The van der Waals surface area contributed by atoms with Crippen molar-refractivity contribution in [2.45, 2.75) is 4.90 Å². The van der Waals surface area contributed by atoms with Crippen LogP contribution in [0.25, 0.3) is 0 Å². The summed E-state index contributed by atoms with van der Waals surface area (Å²) in [5.74, 6) is -0.666. The molecule has 0 atom stereocenters. The summed E-state index contributed by atoms with van der Waals surface area (Å²) in [6, 6.07) is 13.3. The first kappa shape index (κ1) is 28.3. The van der Waals surface area contributed by atoms with E-state index in [1.807, 2.05) is 0 Å². The second-order valence-corrected chi connectivity index (χ2v) is 9.68. The van der Waals surface area contributed by atoms with Gasteiger partial charge in [-0.25, -0.2) is 17.6 Å². The Hall–Kier alpha value is -4.32. The highest BCUT2D eigenvalue weighted by atomic mass is 32.2. The number of anilines is 1. The average Bonchev–Trinajstić information content (AvgIpc) is 2.93. The van der Waals surface area contributed by atoms with E-state index in [1.54, 1.807) is 0 Å². The molecule has 38 heavy (non-hydrogen) atoms. The molecular formula is C26H26FNO9S. The van der Waals surface area contributed by atoms with Crippen molar-refractivity contribution >= 4 is 27.5 Å². The monoisotopic (exact) mass is 547 g/mol. The van der Waals surface area contributed by atoms with Gasteiger partial charge in [-0.15, -0.1) is 0 Å². The first-order valence-electron chi connectivity index (χ1n) is 11.1. The lowest BCUT2D eigenvalue weighted by Crippen LogP contribution is -2.26. The van der Waals surface area contributed by atoms with Crippen molar-refractivity contribution in [2.75, 3.05) is 45.9 Å². The van der Waals surface area contributed by atoms with Gasteiger partial charge in [0.25, 0.3) is 10.0 Å². The van der Waals surface area contributed by atoms with Crippen molar-refractivity contribution in [2.24, 2.45) is 0 Å². The molecule has 0 saturated heterocycles. The lowest BCUT2D eigenvalue weighted by molar-refractivity contribution is -0.144. The third-order valence-electron chi connectivity index (χ3n) is 5.38. The smallest absolute Gasteiger partial charge is 0.344 e. The van der Waals surface area contributed by atoms with Gasteiger partial charge >= 0.3 is 5.97 Å². The summed E-state index contributed by atoms with van der Waals surface area (Å²) < 4.78 is 65.7. The summed E-state index contributed by atoms with van der Waals surface area (Å²) in [6.07, 6.45) is 0. The van der Waals surface area contributed by atoms with Crippen LogP contribution in [0.4, 0.5) is 10.1 Å². The normalized spacial score (nSPS) is 10.9. The van der Waals surface area contributed by atoms with Gasteiger partial charge in [0, 0.05) is 12.6 Å².